The summed E-state index contributed by atoms with van der Waals surface area (Å²) in [6.07, 6.45) is -1.91. The summed E-state index contributed by atoms with van der Waals surface area (Å²) in [5, 5.41) is -0.0709. The minimum atomic E-state index is -4.61. The SMILES string of the molecule is Cc1nc(S(=O)(=O)N2CCCC(Oc3nccc(C(F)(F)F)n3)C2)cn1C. The highest BCUT2D eigenvalue weighted by atomic mass is 32.2. The van der Waals surface area contributed by atoms with Crippen LogP contribution in [0.1, 0.15) is 24.4 Å². The molecule has 2 aromatic rings. The molecule has 1 aliphatic heterocycles. The van der Waals surface area contributed by atoms with E-state index < -0.39 is 34.0 Å². The van der Waals surface area contributed by atoms with Gasteiger partial charge < -0.3 is 9.30 Å². The van der Waals surface area contributed by atoms with Crippen LogP contribution in [0.15, 0.2) is 23.5 Å². The van der Waals surface area contributed by atoms with E-state index in [1.807, 2.05) is 0 Å². The molecule has 0 aromatic carbocycles. The summed E-state index contributed by atoms with van der Waals surface area (Å²) in [7, 11) is -2.13. The zero-order valence-electron chi connectivity index (χ0n) is 14.6. The standard InChI is InChI=1S/C15H18F3N5O3S/c1-10-20-13(9-22(10)2)27(24,25)23-7-3-4-11(8-23)26-14-19-6-5-12(21-14)15(16,17)18/h5-6,9,11H,3-4,7-8H2,1-2H3. The van der Waals surface area contributed by atoms with Crippen LogP contribution in [-0.4, -0.2) is 51.4 Å². The third-order valence-electron chi connectivity index (χ3n) is 4.23. The van der Waals surface area contributed by atoms with Crippen molar-refractivity contribution in [2.75, 3.05) is 13.1 Å². The summed E-state index contributed by atoms with van der Waals surface area (Å²) < 4.78 is 72.0. The molecular formula is C15H18F3N5O3S. The van der Waals surface area contributed by atoms with Crippen LogP contribution >= 0.6 is 0 Å². The van der Waals surface area contributed by atoms with E-state index in [9.17, 15) is 21.6 Å². The van der Waals surface area contributed by atoms with Crippen molar-refractivity contribution in [2.24, 2.45) is 7.05 Å². The molecule has 0 amide bonds. The predicted octanol–water partition coefficient (Wildman–Crippen LogP) is 1.77. The minimum absolute atomic E-state index is 0.0163. The van der Waals surface area contributed by atoms with Crippen LogP contribution in [-0.2, 0) is 23.2 Å². The first-order valence-corrected chi connectivity index (χ1v) is 9.58. The number of aryl methyl sites for hydroxylation is 2. The smallest absolute Gasteiger partial charge is 0.433 e. The monoisotopic (exact) mass is 405 g/mol. The first kappa shape index (κ1) is 19.5. The molecule has 0 N–H and O–H groups in total. The summed E-state index contributed by atoms with van der Waals surface area (Å²) in [5.74, 6) is 0.552. The zero-order valence-corrected chi connectivity index (χ0v) is 15.5. The molecule has 8 nitrogen and oxygen atoms in total. The van der Waals surface area contributed by atoms with Crippen molar-refractivity contribution in [1.82, 2.24) is 23.8 Å². The van der Waals surface area contributed by atoms with Crippen LogP contribution in [0.4, 0.5) is 13.2 Å². The Kier molecular flexibility index (Phi) is 5.12. The topological polar surface area (TPSA) is 90.2 Å². The maximum atomic E-state index is 12.8. The van der Waals surface area contributed by atoms with E-state index in [2.05, 4.69) is 15.0 Å². The summed E-state index contributed by atoms with van der Waals surface area (Å²) in [4.78, 5) is 11.1. The first-order valence-electron chi connectivity index (χ1n) is 8.14. The number of aromatic nitrogens is 4. The Bertz CT molecular complexity index is 910. The maximum Gasteiger partial charge on any atom is 0.433 e. The van der Waals surface area contributed by atoms with Crippen LogP contribution < -0.4 is 4.74 Å². The van der Waals surface area contributed by atoms with E-state index in [1.54, 1.807) is 18.5 Å². The minimum Gasteiger partial charge on any atom is -0.459 e. The lowest BCUT2D eigenvalue weighted by molar-refractivity contribution is -0.141. The third kappa shape index (κ3) is 4.21. The van der Waals surface area contributed by atoms with Gasteiger partial charge in [-0.15, -0.1) is 0 Å². The molecule has 3 rings (SSSR count). The molecule has 1 unspecified atom stereocenters. The molecule has 1 fully saturated rings. The van der Waals surface area contributed by atoms with E-state index in [4.69, 9.17) is 4.74 Å². The molecule has 27 heavy (non-hydrogen) atoms. The maximum absolute atomic E-state index is 12.8. The molecule has 0 radical (unpaired) electrons. The number of sulfonamides is 1. The van der Waals surface area contributed by atoms with Crippen molar-refractivity contribution in [3.05, 3.63) is 30.0 Å². The first-order chi connectivity index (χ1) is 12.6. The quantitative estimate of drug-likeness (QED) is 0.770. The number of alkyl halides is 3. The van der Waals surface area contributed by atoms with Gasteiger partial charge in [0.2, 0.25) is 0 Å². The number of rotatable bonds is 4. The number of ether oxygens (including phenoxy) is 1. The Morgan fingerprint density at radius 2 is 2.04 bits per heavy atom. The number of piperidine rings is 1. The lowest BCUT2D eigenvalue weighted by atomic mass is 10.1. The van der Waals surface area contributed by atoms with E-state index >= 15 is 0 Å². The van der Waals surface area contributed by atoms with Crippen molar-refractivity contribution in [1.29, 1.82) is 0 Å². The third-order valence-corrected chi connectivity index (χ3v) is 5.96. The van der Waals surface area contributed by atoms with E-state index in [-0.39, 0.29) is 18.1 Å². The molecule has 1 saturated heterocycles. The molecule has 0 bridgehead atoms. The van der Waals surface area contributed by atoms with Crippen LogP contribution in [0.5, 0.6) is 6.01 Å². The lowest BCUT2D eigenvalue weighted by Crippen LogP contribution is -2.44. The zero-order chi connectivity index (χ0) is 19.8. The van der Waals surface area contributed by atoms with Crippen LogP contribution in [0, 0.1) is 6.92 Å². The molecule has 0 aliphatic carbocycles. The van der Waals surface area contributed by atoms with Crippen LogP contribution in [0.2, 0.25) is 0 Å². The highest BCUT2D eigenvalue weighted by Gasteiger charge is 2.35. The van der Waals surface area contributed by atoms with Gasteiger partial charge in [0.05, 0.1) is 6.54 Å². The average molecular weight is 405 g/mol. The van der Waals surface area contributed by atoms with Gasteiger partial charge in [-0.05, 0) is 25.8 Å². The lowest BCUT2D eigenvalue weighted by Gasteiger charge is -2.30. The van der Waals surface area contributed by atoms with Crippen molar-refractivity contribution in [3.8, 4) is 6.01 Å². The summed E-state index contributed by atoms with van der Waals surface area (Å²) in [5.41, 5.74) is -1.11. The van der Waals surface area contributed by atoms with Gasteiger partial charge in [-0.2, -0.15) is 22.5 Å². The number of hydrogen-bond acceptors (Lipinski definition) is 6. The number of hydrogen-bond donors (Lipinski definition) is 0. The molecule has 12 heteroatoms. The van der Waals surface area contributed by atoms with Gasteiger partial charge in [0, 0.05) is 26.0 Å². The Balaban J connectivity index is 1.75. The Morgan fingerprint density at radius 1 is 1.30 bits per heavy atom. The van der Waals surface area contributed by atoms with Crippen molar-refractivity contribution in [2.45, 2.75) is 37.1 Å². The van der Waals surface area contributed by atoms with Gasteiger partial charge in [0.15, 0.2) is 10.7 Å². The van der Waals surface area contributed by atoms with Gasteiger partial charge in [0.1, 0.15) is 11.9 Å². The Morgan fingerprint density at radius 3 is 2.67 bits per heavy atom. The number of nitrogens with zero attached hydrogens (tertiary/aromatic N) is 5. The second-order valence-electron chi connectivity index (χ2n) is 6.20. The Hall–Kier alpha value is -2.21. The molecule has 1 atom stereocenters. The molecular weight excluding hydrogens is 387 g/mol. The highest BCUT2D eigenvalue weighted by Crippen LogP contribution is 2.28. The molecule has 1 aliphatic rings. The van der Waals surface area contributed by atoms with E-state index in [0.717, 1.165) is 12.3 Å². The van der Waals surface area contributed by atoms with Crippen LogP contribution in [0.3, 0.4) is 0 Å². The van der Waals surface area contributed by atoms with E-state index in [1.165, 1.54) is 10.5 Å². The van der Waals surface area contributed by atoms with Crippen molar-refractivity contribution in [3.63, 3.8) is 0 Å². The summed E-state index contributed by atoms with van der Waals surface area (Å²) >= 11 is 0. The van der Waals surface area contributed by atoms with Gasteiger partial charge in [-0.25, -0.2) is 18.4 Å². The van der Waals surface area contributed by atoms with Gasteiger partial charge in [-0.3, -0.25) is 0 Å². The van der Waals surface area contributed by atoms with Gasteiger partial charge in [0.25, 0.3) is 10.0 Å². The highest BCUT2D eigenvalue weighted by molar-refractivity contribution is 7.89. The number of imidazole rings is 1. The summed E-state index contributed by atoms with van der Waals surface area (Å²) in [6, 6.07) is 0.316. The fraction of sp³-hybridized carbons (Fsp3) is 0.533. The summed E-state index contributed by atoms with van der Waals surface area (Å²) in [6.45, 7) is 1.95. The van der Waals surface area contributed by atoms with Gasteiger partial charge >= 0.3 is 12.2 Å². The second-order valence-corrected chi connectivity index (χ2v) is 8.09. The molecule has 148 valence electrons. The van der Waals surface area contributed by atoms with E-state index in [0.29, 0.717) is 18.7 Å². The fourth-order valence-corrected chi connectivity index (χ4v) is 4.24. The van der Waals surface area contributed by atoms with Gasteiger partial charge in [-0.1, -0.05) is 0 Å². The second kappa shape index (κ2) is 7.08. The molecule has 0 saturated carbocycles. The fourth-order valence-electron chi connectivity index (χ4n) is 2.71. The molecule has 2 aromatic heterocycles. The Labute approximate surface area is 154 Å². The van der Waals surface area contributed by atoms with Crippen molar-refractivity contribution < 1.29 is 26.3 Å². The van der Waals surface area contributed by atoms with Crippen molar-refractivity contribution >= 4 is 10.0 Å². The van der Waals surface area contributed by atoms with Crippen LogP contribution in [0.25, 0.3) is 0 Å². The molecule has 3 heterocycles. The normalized spacial score (nSPS) is 19.2. The average Bonchev–Trinajstić information content (AvgIpc) is 2.94. The largest absolute Gasteiger partial charge is 0.459 e. The molecule has 0 spiro atoms. The predicted molar refractivity (Wildman–Crippen MR) is 87.4 cm³/mol. The number of halogens is 3.